The van der Waals surface area contributed by atoms with Gasteiger partial charge in [-0.15, -0.1) is 0 Å². The van der Waals surface area contributed by atoms with E-state index in [4.69, 9.17) is 9.47 Å². The highest BCUT2D eigenvalue weighted by atomic mass is 16.6. The average Bonchev–Trinajstić information content (AvgIpc) is 2.86. The number of fused-ring (bicyclic) bond motifs is 4. The Hall–Kier alpha value is -2.67. The summed E-state index contributed by atoms with van der Waals surface area (Å²) in [6, 6.07) is 0. The molecule has 1 aliphatic carbocycles. The minimum Gasteiger partial charge on any atom is -0.507 e. The fourth-order valence-electron chi connectivity index (χ4n) is 3.46. The van der Waals surface area contributed by atoms with Gasteiger partial charge in [0, 0.05) is 16.7 Å². The SMILES string of the molecule is C[C@H]1O[C@@H]2CC(=O)O[C@@H]2c2c(O)c3c(c(O)c21)C(=O)C(=O)C=C3. The third-order valence-corrected chi connectivity index (χ3v) is 4.45. The van der Waals surface area contributed by atoms with Gasteiger partial charge in [-0.2, -0.15) is 0 Å². The lowest BCUT2D eigenvalue weighted by molar-refractivity contribution is -0.143. The molecular weight excluding hydrogens is 304 g/mol. The van der Waals surface area contributed by atoms with E-state index in [1.54, 1.807) is 6.92 Å². The van der Waals surface area contributed by atoms with Gasteiger partial charge in [0.15, 0.2) is 6.10 Å². The first-order valence-electron chi connectivity index (χ1n) is 7.13. The molecule has 0 aromatic heterocycles. The molecule has 23 heavy (non-hydrogen) atoms. The number of hydrogen-bond donors (Lipinski definition) is 2. The van der Waals surface area contributed by atoms with E-state index in [-0.39, 0.29) is 34.4 Å². The van der Waals surface area contributed by atoms with Gasteiger partial charge in [-0.1, -0.05) is 0 Å². The highest BCUT2D eigenvalue weighted by Crippen LogP contribution is 2.53. The van der Waals surface area contributed by atoms with Crippen molar-refractivity contribution < 1.29 is 34.1 Å². The Morgan fingerprint density at radius 2 is 1.83 bits per heavy atom. The van der Waals surface area contributed by atoms with Gasteiger partial charge < -0.3 is 19.7 Å². The molecule has 1 saturated heterocycles. The van der Waals surface area contributed by atoms with Crippen LogP contribution in [0.25, 0.3) is 6.08 Å². The van der Waals surface area contributed by atoms with Crippen LogP contribution >= 0.6 is 0 Å². The van der Waals surface area contributed by atoms with E-state index in [0.717, 1.165) is 6.08 Å². The molecule has 4 rings (SSSR count). The van der Waals surface area contributed by atoms with E-state index in [0.29, 0.717) is 0 Å². The standard InChI is InChI=1S/C16H12O7/c1-5-10-12(16-8(22-5)4-9(18)23-16)13(19)6-2-3-7(17)14(20)11(6)15(10)21/h2-3,5,8,16,19,21H,4H2,1H3/t5-,8-,16+/m1/s1. The first-order valence-corrected chi connectivity index (χ1v) is 7.13. The molecule has 7 heteroatoms. The van der Waals surface area contributed by atoms with Gasteiger partial charge in [0.05, 0.1) is 18.1 Å². The summed E-state index contributed by atoms with van der Waals surface area (Å²) in [5.74, 6) is -2.81. The van der Waals surface area contributed by atoms with Crippen molar-refractivity contribution in [3.8, 4) is 11.5 Å². The van der Waals surface area contributed by atoms with Crippen molar-refractivity contribution in [3.63, 3.8) is 0 Å². The first kappa shape index (κ1) is 14.0. The molecule has 2 N–H and O–H groups in total. The van der Waals surface area contributed by atoms with Crippen LogP contribution in [0.15, 0.2) is 6.08 Å². The molecule has 0 radical (unpaired) electrons. The molecule has 2 heterocycles. The Kier molecular flexibility index (Phi) is 2.68. The van der Waals surface area contributed by atoms with E-state index in [1.165, 1.54) is 6.08 Å². The fourth-order valence-corrected chi connectivity index (χ4v) is 3.46. The number of benzene rings is 1. The lowest BCUT2D eigenvalue weighted by atomic mass is 9.83. The van der Waals surface area contributed by atoms with Gasteiger partial charge in [0.1, 0.15) is 17.6 Å². The second kappa shape index (κ2) is 4.42. The zero-order valence-electron chi connectivity index (χ0n) is 12.0. The third kappa shape index (κ3) is 1.71. The number of Topliss-reactive ketones (excluding diaryl/α,β-unsaturated/α-hetero) is 1. The second-order valence-electron chi connectivity index (χ2n) is 5.77. The Balaban J connectivity index is 2.04. The van der Waals surface area contributed by atoms with Crippen molar-refractivity contribution in [1.29, 1.82) is 0 Å². The highest BCUT2D eigenvalue weighted by Gasteiger charge is 2.47. The summed E-state index contributed by atoms with van der Waals surface area (Å²) >= 11 is 0. The van der Waals surface area contributed by atoms with Crippen LogP contribution < -0.4 is 0 Å². The van der Waals surface area contributed by atoms with Crippen molar-refractivity contribution in [2.75, 3.05) is 0 Å². The number of phenols is 2. The van der Waals surface area contributed by atoms with Crippen LogP contribution in [-0.2, 0) is 19.1 Å². The number of carbonyl (C=O) groups excluding carboxylic acids is 3. The summed E-state index contributed by atoms with van der Waals surface area (Å²) in [6.07, 6.45) is 0.311. The molecule has 0 spiro atoms. The molecule has 7 nitrogen and oxygen atoms in total. The summed E-state index contributed by atoms with van der Waals surface area (Å²) in [5.41, 5.74) is 0.227. The molecule has 3 aliphatic rings. The van der Waals surface area contributed by atoms with Crippen LogP contribution in [-0.4, -0.2) is 33.9 Å². The number of carbonyl (C=O) groups is 3. The van der Waals surface area contributed by atoms with Crippen LogP contribution in [0, 0.1) is 0 Å². The molecule has 1 fully saturated rings. The largest absolute Gasteiger partial charge is 0.507 e. The van der Waals surface area contributed by atoms with Gasteiger partial charge >= 0.3 is 5.97 Å². The minimum atomic E-state index is -0.893. The zero-order valence-corrected chi connectivity index (χ0v) is 12.0. The molecule has 0 saturated carbocycles. The number of hydrogen-bond acceptors (Lipinski definition) is 7. The number of ether oxygens (including phenoxy) is 2. The number of phenolic OH excluding ortho intramolecular Hbond substituents is 2. The first-order chi connectivity index (χ1) is 10.9. The van der Waals surface area contributed by atoms with Crippen LogP contribution in [0.4, 0.5) is 0 Å². The molecule has 0 bridgehead atoms. The zero-order chi connectivity index (χ0) is 16.5. The molecule has 3 atom stereocenters. The highest BCUT2D eigenvalue weighted by molar-refractivity contribution is 6.50. The number of rotatable bonds is 0. The molecule has 0 amide bonds. The topological polar surface area (TPSA) is 110 Å². The molecule has 2 aliphatic heterocycles. The van der Waals surface area contributed by atoms with Crippen molar-refractivity contribution in [2.45, 2.75) is 31.7 Å². The van der Waals surface area contributed by atoms with Crippen LogP contribution in [0.1, 0.15) is 52.6 Å². The summed E-state index contributed by atoms with van der Waals surface area (Å²) in [6.45, 7) is 1.63. The Bertz CT molecular complexity index is 820. The van der Waals surface area contributed by atoms with Crippen LogP contribution in [0.5, 0.6) is 11.5 Å². The predicted octanol–water partition coefficient (Wildman–Crippen LogP) is 1.32. The summed E-state index contributed by atoms with van der Waals surface area (Å²) in [7, 11) is 0. The minimum absolute atomic E-state index is 0.0546. The van der Waals surface area contributed by atoms with E-state index < -0.39 is 41.6 Å². The van der Waals surface area contributed by atoms with E-state index in [1.807, 2.05) is 0 Å². The Labute approximate surface area is 130 Å². The quantitative estimate of drug-likeness (QED) is 0.422. The maximum Gasteiger partial charge on any atom is 0.309 e. The number of ketones is 2. The van der Waals surface area contributed by atoms with Crippen LogP contribution in [0.2, 0.25) is 0 Å². The van der Waals surface area contributed by atoms with Gasteiger partial charge in [0.25, 0.3) is 0 Å². The summed E-state index contributed by atoms with van der Waals surface area (Å²) < 4.78 is 10.9. The van der Waals surface area contributed by atoms with E-state index >= 15 is 0 Å². The molecule has 1 aromatic carbocycles. The maximum absolute atomic E-state index is 12.1. The van der Waals surface area contributed by atoms with Crippen molar-refractivity contribution in [2.24, 2.45) is 0 Å². The number of allylic oxidation sites excluding steroid dienone is 1. The molecule has 118 valence electrons. The summed E-state index contributed by atoms with van der Waals surface area (Å²) in [4.78, 5) is 35.2. The Morgan fingerprint density at radius 3 is 2.57 bits per heavy atom. The molecule has 1 aromatic rings. The van der Waals surface area contributed by atoms with Gasteiger partial charge in [-0.25, -0.2) is 0 Å². The van der Waals surface area contributed by atoms with Crippen molar-refractivity contribution >= 4 is 23.6 Å². The van der Waals surface area contributed by atoms with Crippen molar-refractivity contribution in [1.82, 2.24) is 0 Å². The molecular formula is C16H12O7. The average molecular weight is 316 g/mol. The lowest BCUT2D eigenvalue weighted by Gasteiger charge is -2.34. The van der Waals surface area contributed by atoms with Gasteiger partial charge in [-0.3, -0.25) is 14.4 Å². The van der Waals surface area contributed by atoms with E-state index in [2.05, 4.69) is 0 Å². The number of aromatic hydroxyl groups is 2. The lowest BCUT2D eigenvalue weighted by Crippen LogP contribution is -2.28. The fraction of sp³-hybridized carbons (Fsp3) is 0.312. The second-order valence-corrected chi connectivity index (χ2v) is 5.77. The maximum atomic E-state index is 12.1. The van der Waals surface area contributed by atoms with Gasteiger partial charge in [-0.05, 0) is 19.1 Å². The third-order valence-electron chi connectivity index (χ3n) is 4.45. The number of esters is 1. The predicted molar refractivity (Wildman–Crippen MR) is 74.9 cm³/mol. The van der Waals surface area contributed by atoms with Crippen molar-refractivity contribution in [3.05, 3.63) is 28.3 Å². The Morgan fingerprint density at radius 1 is 1.09 bits per heavy atom. The monoisotopic (exact) mass is 316 g/mol. The molecule has 0 unspecified atom stereocenters. The smallest absolute Gasteiger partial charge is 0.309 e. The summed E-state index contributed by atoms with van der Waals surface area (Å²) in [5, 5.41) is 21.1. The van der Waals surface area contributed by atoms with Gasteiger partial charge in [0.2, 0.25) is 11.6 Å². The van der Waals surface area contributed by atoms with Crippen LogP contribution in [0.3, 0.4) is 0 Å². The van der Waals surface area contributed by atoms with E-state index in [9.17, 15) is 24.6 Å². The normalized spacial score (nSPS) is 28.2.